The molecule has 0 aromatic heterocycles. The third-order valence-electron chi connectivity index (χ3n) is 7.16. The van der Waals surface area contributed by atoms with Crippen LogP contribution in [0.2, 0.25) is 0 Å². The van der Waals surface area contributed by atoms with E-state index in [1.165, 1.54) is 7.11 Å². The predicted molar refractivity (Wildman–Crippen MR) is 159 cm³/mol. The summed E-state index contributed by atoms with van der Waals surface area (Å²) in [6.45, 7) is 2.85. The lowest BCUT2D eigenvalue weighted by Crippen LogP contribution is -2.30. The summed E-state index contributed by atoms with van der Waals surface area (Å²) in [5, 5.41) is 6.31. The number of hydrogen-bond acceptors (Lipinski definition) is 6. The maximum absolute atomic E-state index is 13.8. The van der Waals surface area contributed by atoms with E-state index < -0.39 is 11.9 Å². The van der Waals surface area contributed by atoms with Gasteiger partial charge in [0.25, 0.3) is 5.91 Å². The third-order valence-corrected chi connectivity index (χ3v) is 7.16. The highest BCUT2D eigenvalue weighted by Crippen LogP contribution is 2.30. The number of esters is 1. The molecule has 1 fully saturated rings. The molecule has 210 valence electrons. The molecule has 1 aliphatic heterocycles. The molecule has 7 nitrogen and oxygen atoms in total. The van der Waals surface area contributed by atoms with E-state index in [2.05, 4.69) is 10.6 Å². The van der Waals surface area contributed by atoms with Gasteiger partial charge in [0.2, 0.25) is 0 Å². The highest BCUT2D eigenvalue weighted by molar-refractivity contribution is 6.10. The highest BCUT2D eigenvalue weighted by atomic mass is 16.5. The molecule has 1 saturated heterocycles. The van der Waals surface area contributed by atoms with Gasteiger partial charge in [-0.05, 0) is 78.9 Å². The van der Waals surface area contributed by atoms with Gasteiger partial charge in [-0.3, -0.25) is 4.79 Å². The topological polar surface area (TPSA) is 85.9 Å². The van der Waals surface area contributed by atoms with Crippen molar-refractivity contribution in [3.8, 4) is 22.6 Å². The van der Waals surface area contributed by atoms with Crippen LogP contribution in [0.5, 0.6) is 11.5 Å². The average molecular weight is 551 g/mol. The summed E-state index contributed by atoms with van der Waals surface area (Å²) in [4.78, 5) is 26.4. The van der Waals surface area contributed by atoms with Crippen molar-refractivity contribution in [2.24, 2.45) is 5.92 Å². The minimum Gasteiger partial charge on any atom is -0.493 e. The first-order valence-corrected chi connectivity index (χ1v) is 13.8. The molecule has 1 aliphatic rings. The zero-order valence-electron chi connectivity index (χ0n) is 23.1. The van der Waals surface area contributed by atoms with Crippen molar-refractivity contribution in [3.05, 3.63) is 114 Å². The summed E-state index contributed by atoms with van der Waals surface area (Å²) in [5.41, 5.74) is 3.70. The van der Waals surface area contributed by atoms with E-state index in [1.807, 2.05) is 72.8 Å². The molecule has 0 radical (unpaired) electrons. The number of anilines is 1. The molecule has 0 atom stereocenters. The van der Waals surface area contributed by atoms with Crippen molar-refractivity contribution in [1.29, 1.82) is 0 Å². The van der Waals surface area contributed by atoms with E-state index in [4.69, 9.17) is 14.2 Å². The molecule has 0 aliphatic carbocycles. The molecule has 0 spiro atoms. The minimum atomic E-state index is -0.542. The fourth-order valence-electron chi connectivity index (χ4n) is 4.84. The van der Waals surface area contributed by atoms with E-state index >= 15 is 0 Å². The van der Waals surface area contributed by atoms with Crippen LogP contribution in [0.25, 0.3) is 11.1 Å². The largest absolute Gasteiger partial charge is 0.493 e. The number of carbonyl (C=O) groups is 2. The normalized spacial score (nSPS) is 13.3. The Morgan fingerprint density at radius 2 is 1.54 bits per heavy atom. The second-order valence-corrected chi connectivity index (χ2v) is 10.0. The number of amides is 1. The van der Waals surface area contributed by atoms with Gasteiger partial charge in [-0.1, -0.05) is 66.7 Å². The number of carbonyl (C=O) groups excluding carboxylic acids is 2. The van der Waals surface area contributed by atoms with Crippen molar-refractivity contribution in [2.45, 2.75) is 19.4 Å². The fraction of sp³-hybridized carbons (Fsp3) is 0.235. The fourth-order valence-corrected chi connectivity index (χ4v) is 4.84. The molecule has 1 amide bonds. The molecule has 0 saturated carbocycles. The summed E-state index contributed by atoms with van der Waals surface area (Å²) >= 11 is 0. The van der Waals surface area contributed by atoms with Crippen LogP contribution in [0.15, 0.2) is 97.1 Å². The quantitative estimate of drug-likeness (QED) is 0.224. The van der Waals surface area contributed by atoms with E-state index in [9.17, 15) is 9.59 Å². The summed E-state index contributed by atoms with van der Waals surface area (Å²) in [7, 11) is 1.32. The molecule has 0 bridgehead atoms. The number of rotatable bonds is 10. The standard InChI is InChI=1S/C34H34N2O5/c1-39-34(38)29-14-12-27(26-10-6-3-7-11-26)20-31(29)36-33(37)30-21-28(40-22-25-16-18-35-19-17-25)13-15-32(30)41-23-24-8-4-2-5-9-24/h2-15,20-21,25,35H,16-19,22-23H2,1H3,(H,36,37). The van der Waals surface area contributed by atoms with E-state index in [0.29, 0.717) is 41.9 Å². The van der Waals surface area contributed by atoms with Crippen LogP contribution in [0.3, 0.4) is 0 Å². The van der Waals surface area contributed by atoms with Crippen LogP contribution in [-0.2, 0) is 11.3 Å². The maximum atomic E-state index is 13.8. The zero-order valence-corrected chi connectivity index (χ0v) is 23.1. The first-order valence-electron chi connectivity index (χ1n) is 13.8. The van der Waals surface area contributed by atoms with Crippen molar-refractivity contribution in [2.75, 3.05) is 32.1 Å². The van der Waals surface area contributed by atoms with Gasteiger partial charge in [-0.25, -0.2) is 4.79 Å². The molecule has 4 aromatic rings. The predicted octanol–water partition coefficient (Wildman–Crippen LogP) is 6.35. The Bertz CT molecular complexity index is 1470. The average Bonchev–Trinajstić information content (AvgIpc) is 3.04. The minimum absolute atomic E-state index is 0.255. The number of benzene rings is 4. The lowest BCUT2D eigenvalue weighted by molar-refractivity contribution is 0.0602. The van der Waals surface area contributed by atoms with Gasteiger partial charge in [0.15, 0.2) is 0 Å². The summed E-state index contributed by atoms with van der Waals surface area (Å²) < 4.78 is 17.2. The molecule has 0 unspecified atom stereocenters. The van der Waals surface area contributed by atoms with Crippen LogP contribution in [0.4, 0.5) is 5.69 Å². The number of ether oxygens (including phenoxy) is 3. The van der Waals surface area contributed by atoms with E-state index in [-0.39, 0.29) is 5.56 Å². The lowest BCUT2D eigenvalue weighted by atomic mass is 9.99. The molecular formula is C34H34N2O5. The van der Waals surface area contributed by atoms with Crippen molar-refractivity contribution in [1.82, 2.24) is 5.32 Å². The second kappa shape index (κ2) is 13.6. The molecule has 41 heavy (non-hydrogen) atoms. The number of methoxy groups -OCH3 is 1. The van der Waals surface area contributed by atoms with Crippen LogP contribution in [-0.4, -0.2) is 38.7 Å². The van der Waals surface area contributed by atoms with Crippen molar-refractivity contribution >= 4 is 17.6 Å². The van der Waals surface area contributed by atoms with Gasteiger partial charge in [0.1, 0.15) is 18.1 Å². The summed E-state index contributed by atoms with van der Waals surface area (Å²) in [6.07, 6.45) is 2.11. The van der Waals surface area contributed by atoms with Gasteiger partial charge >= 0.3 is 5.97 Å². The van der Waals surface area contributed by atoms with E-state index in [1.54, 1.807) is 24.3 Å². The number of piperidine rings is 1. The Morgan fingerprint density at radius 1 is 0.805 bits per heavy atom. The SMILES string of the molecule is COC(=O)c1ccc(-c2ccccc2)cc1NC(=O)c1cc(OCC2CCNCC2)ccc1OCc1ccccc1. The Kier molecular flexibility index (Phi) is 9.29. The van der Waals surface area contributed by atoms with Crippen LogP contribution in [0, 0.1) is 5.92 Å². The van der Waals surface area contributed by atoms with Crippen molar-refractivity contribution in [3.63, 3.8) is 0 Å². The first kappa shape index (κ1) is 27.9. The highest BCUT2D eigenvalue weighted by Gasteiger charge is 2.20. The molecule has 4 aromatic carbocycles. The van der Waals surface area contributed by atoms with Crippen LogP contribution < -0.4 is 20.1 Å². The van der Waals surface area contributed by atoms with Gasteiger partial charge in [-0.2, -0.15) is 0 Å². The number of nitrogens with one attached hydrogen (secondary N) is 2. The Hall–Kier alpha value is -4.62. The molecule has 5 rings (SSSR count). The van der Waals surface area contributed by atoms with Gasteiger partial charge in [-0.15, -0.1) is 0 Å². The van der Waals surface area contributed by atoms with Gasteiger partial charge < -0.3 is 24.8 Å². The molecule has 1 heterocycles. The zero-order chi connectivity index (χ0) is 28.4. The lowest BCUT2D eigenvalue weighted by Gasteiger charge is -2.23. The molecule has 7 heteroatoms. The Labute approximate surface area is 240 Å². The molecule has 2 N–H and O–H groups in total. The summed E-state index contributed by atoms with van der Waals surface area (Å²) in [6, 6.07) is 30.1. The van der Waals surface area contributed by atoms with Crippen LogP contribution in [0.1, 0.15) is 39.1 Å². The first-order chi connectivity index (χ1) is 20.1. The molecular weight excluding hydrogens is 516 g/mol. The Morgan fingerprint density at radius 3 is 2.27 bits per heavy atom. The van der Waals surface area contributed by atoms with Gasteiger partial charge in [0.05, 0.1) is 30.5 Å². The van der Waals surface area contributed by atoms with Gasteiger partial charge in [0, 0.05) is 0 Å². The summed E-state index contributed by atoms with van der Waals surface area (Å²) in [5.74, 6) is 0.507. The van der Waals surface area contributed by atoms with Crippen LogP contribution >= 0.6 is 0 Å². The van der Waals surface area contributed by atoms with E-state index in [0.717, 1.165) is 42.6 Å². The Balaban J connectivity index is 1.43. The second-order valence-electron chi connectivity index (χ2n) is 10.0. The maximum Gasteiger partial charge on any atom is 0.339 e. The number of hydrogen-bond donors (Lipinski definition) is 2. The third kappa shape index (κ3) is 7.32. The smallest absolute Gasteiger partial charge is 0.339 e. The monoisotopic (exact) mass is 550 g/mol. The van der Waals surface area contributed by atoms with Crippen molar-refractivity contribution < 1.29 is 23.8 Å².